The number of carbonyl (C=O) groups excluding carboxylic acids is 2. The minimum absolute atomic E-state index is 0.177. The number of rotatable bonds is 5. The molecule has 2 aromatic rings. The monoisotopic (exact) mass is 380 g/mol. The Bertz CT molecular complexity index is 906. The van der Waals surface area contributed by atoms with Crippen LogP contribution < -0.4 is 0 Å². The molecule has 2 aromatic carbocycles. The molecule has 1 N–H and O–H groups in total. The lowest BCUT2D eigenvalue weighted by molar-refractivity contribution is -0.154. The van der Waals surface area contributed by atoms with Crippen LogP contribution in [0.5, 0.6) is 0 Å². The van der Waals surface area contributed by atoms with E-state index in [-0.39, 0.29) is 13.0 Å². The van der Waals surface area contributed by atoms with E-state index in [0.29, 0.717) is 11.1 Å². The second-order valence-corrected chi connectivity index (χ2v) is 7.34. The summed E-state index contributed by atoms with van der Waals surface area (Å²) < 4.78 is 10.9. The van der Waals surface area contributed by atoms with Crippen LogP contribution >= 0.6 is 0 Å². The summed E-state index contributed by atoms with van der Waals surface area (Å²) in [6, 6.07) is 13.2. The van der Waals surface area contributed by atoms with Crippen LogP contribution in [-0.4, -0.2) is 35.9 Å². The molecule has 1 saturated heterocycles. The van der Waals surface area contributed by atoms with Crippen LogP contribution in [0.3, 0.4) is 0 Å². The number of aryl methyl sites for hydroxylation is 3. The molecule has 0 amide bonds. The number of aliphatic hydroxyl groups is 1. The van der Waals surface area contributed by atoms with Crippen molar-refractivity contribution in [3.05, 3.63) is 75.9 Å². The van der Waals surface area contributed by atoms with E-state index in [4.69, 9.17) is 9.47 Å². The zero-order valence-corrected chi connectivity index (χ0v) is 16.3. The molecule has 3 rings (SSSR count). The fourth-order valence-electron chi connectivity index (χ4n) is 3.56. The van der Waals surface area contributed by atoms with Gasteiger partial charge in [0.2, 0.25) is 0 Å². The molecule has 1 unspecified atom stereocenters. The van der Waals surface area contributed by atoms with Gasteiger partial charge in [0, 0.05) is 12.0 Å². The number of esters is 2. The van der Waals surface area contributed by atoms with Crippen molar-refractivity contribution in [1.82, 2.24) is 0 Å². The van der Waals surface area contributed by atoms with Gasteiger partial charge < -0.3 is 14.6 Å². The number of hydrogen-bond donors (Lipinski definition) is 1. The Hall–Kier alpha value is -2.92. The van der Waals surface area contributed by atoms with Crippen molar-refractivity contribution >= 4 is 18.0 Å². The van der Waals surface area contributed by atoms with Gasteiger partial charge in [0.1, 0.15) is 6.61 Å². The predicted octanol–water partition coefficient (Wildman–Crippen LogP) is 3.53. The number of benzene rings is 2. The molecule has 0 spiro atoms. The van der Waals surface area contributed by atoms with Gasteiger partial charge in [0.25, 0.3) is 0 Å². The normalized spacial score (nSPS) is 20.3. The van der Waals surface area contributed by atoms with Crippen LogP contribution in [0, 0.1) is 20.8 Å². The van der Waals surface area contributed by atoms with Gasteiger partial charge in [0.15, 0.2) is 5.60 Å². The van der Waals surface area contributed by atoms with Crippen LogP contribution in [0.15, 0.2) is 48.0 Å². The molecule has 146 valence electrons. The summed E-state index contributed by atoms with van der Waals surface area (Å²) in [7, 11) is 0. The van der Waals surface area contributed by atoms with Crippen molar-refractivity contribution < 1.29 is 24.2 Å². The number of cyclic esters (lactones) is 1. The topological polar surface area (TPSA) is 72.8 Å². The first-order chi connectivity index (χ1) is 13.3. The Kier molecular flexibility index (Phi) is 5.66. The maximum absolute atomic E-state index is 12.6. The summed E-state index contributed by atoms with van der Waals surface area (Å²) in [4.78, 5) is 24.9. The molecule has 28 heavy (non-hydrogen) atoms. The van der Waals surface area contributed by atoms with Crippen molar-refractivity contribution in [3.63, 3.8) is 0 Å². The number of aliphatic hydroxyl groups excluding tert-OH is 1. The van der Waals surface area contributed by atoms with Crippen molar-refractivity contribution in [2.45, 2.75) is 32.8 Å². The fraction of sp³-hybridized carbons (Fsp3) is 0.304. The minimum atomic E-state index is -1.25. The SMILES string of the molecule is Cc1cc(C)c(C(=O)OCC2(CO)C/C(=C/c3ccccc3)C(=O)O2)c(C)c1. The maximum atomic E-state index is 12.6. The molecule has 0 bridgehead atoms. The fourth-order valence-corrected chi connectivity index (χ4v) is 3.56. The van der Waals surface area contributed by atoms with E-state index >= 15 is 0 Å². The molecule has 5 nitrogen and oxygen atoms in total. The van der Waals surface area contributed by atoms with E-state index < -0.39 is 24.1 Å². The van der Waals surface area contributed by atoms with E-state index in [1.54, 1.807) is 6.08 Å². The molecular formula is C23H24O5. The lowest BCUT2D eigenvalue weighted by Crippen LogP contribution is -2.39. The third-order valence-electron chi connectivity index (χ3n) is 4.86. The van der Waals surface area contributed by atoms with Gasteiger partial charge in [-0.25, -0.2) is 9.59 Å². The van der Waals surface area contributed by atoms with E-state index in [0.717, 1.165) is 22.3 Å². The first-order valence-corrected chi connectivity index (χ1v) is 9.18. The molecule has 1 aliphatic rings. The van der Waals surface area contributed by atoms with Gasteiger partial charge in [-0.3, -0.25) is 0 Å². The highest BCUT2D eigenvalue weighted by Crippen LogP contribution is 2.32. The number of carbonyl (C=O) groups is 2. The highest BCUT2D eigenvalue weighted by atomic mass is 16.6. The predicted molar refractivity (Wildman–Crippen MR) is 106 cm³/mol. The average Bonchev–Trinajstić information content (AvgIpc) is 2.96. The van der Waals surface area contributed by atoms with E-state index in [1.165, 1.54) is 0 Å². The Morgan fingerprint density at radius 2 is 1.82 bits per heavy atom. The first kappa shape index (κ1) is 19.8. The van der Waals surface area contributed by atoms with Crippen molar-refractivity contribution in [1.29, 1.82) is 0 Å². The zero-order chi connectivity index (χ0) is 20.3. The molecule has 1 heterocycles. The maximum Gasteiger partial charge on any atom is 0.338 e. The average molecular weight is 380 g/mol. The van der Waals surface area contributed by atoms with Crippen LogP contribution in [-0.2, 0) is 14.3 Å². The summed E-state index contributed by atoms with van der Waals surface area (Å²) in [6.45, 7) is 5.05. The van der Waals surface area contributed by atoms with Gasteiger partial charge in [-0.2, -0.15) is 0 Å². The lowest BCUT2D eigenvalue weighted by Gasteiger charge is -2.24. The molecule has 1 aliphatic heterocycles. The van der Waals surface area contributed by atoms with Crippen LogP contribution in [0.2, 0.25) is 0 Å². The quantitative estimate of drug-likeness (QED) is 0.635. The van der Waals surface area contributed by atoms with Gasteiger partial charge in [-0.15, -0.1) is 0 Å². The largest absolute Gasteiger partial charge is 0.458 e. The van der Waals surface area contributed by atoms with Gasteiger partial charge in [0.05, 0.1) is 12.2 Å². The van der Waals surface area contributed by atoms with Crippen molar-refractivity contribution in [2.75, 3.05) is 13.2 Å². The second kappa shape index (κ2) is 7.98. The van der Waals surface area contributed by atoms with Crippen LogP contribution in [0.25, 0.3) is 6.08 Å². The van der Waals surface area contributed by atoms with Crippen LogP contribution in [0.1, 0.15) is 39.0 Å². The Labute approximate surface area is 164 Å². The minimum Gasteiger partial charge on any atom is -0.458 e. The summed E-state index contributed by atoms with van der Waals surface area (Å²) in [6.07, 6.45) is 1.91. The van der Waals surface area contributed by atoms with E-state index in [2.05, 4.69) is 0 Å². The molecule has 5 heteroatoms. The Morgan fingerprint density at radius 3 is 2.43 bits per heavy atom. The third-order valence-corrected chi connectivity index (χ3v) is 4.86. The molecule has 0 saturated carbocycles. The summed E-state index contributed by atoms with van der Waals surface area (Å²) >= 11 is 0. The molecule has 0 aliphatic carbocycles. The van der Waals surface area contributed by atoms with Crippen LogP contribution in [0.4, 0.5) is 0 Å². The second-order valence-electron chi connectivity index (χ2n) is 7.34. The molecule has 0 aromatic heterocycles. The highest BCUT2D eigenvalue weighted by Gasteiger charge is 2.44. The van der Waals surface area contributed by atoms with E-state index in [9.17, 15) is 14.7 Å². The summed E-state index contributed by atoms with van der Waals surface area (Å²) in [5.41, 5.74) is 3.29. The lowest BCUT2D eigenvalue weighted by atomic mass is 9.97. The Balaban J connectivity index is 1.75. The molecule has 0 radical (unpaired) electrons. The molecular weight excluding hydrogens is 356 g/mol. The number of ether oxygens (including phenoxy) is 2. The highest BCUT2D eigenvalue weighted by molar-refractivity contribution is 5.96. The van der Waals surface area contributed by atoms with E-state index in [1.807, 2.05) is 63.2 Å². The third kappa shape index (κ3) is 4.15. The summed E-state index contributed by atoms with van der Waals surface area (Å²) in [5, 5.41) is 9.85. The standard InChI is InChI=1S/C23H24O5/c1-15-9-16(2)20(17(3)10-15)22(26)27-14-23(13-24)12-19(21(25)28-23)11-18-7-5-4-6-8-18/h4-11,24H,12-14H2,1-3H3/b19-11-. The molecule has 1 fully saturated rings. The van der Waals surface area contributed by atoms with Crippen molar-refractivity contribution in [2.24, 2.45) is 0 Å². The van der Waals surface area contributed by atoms with Crippen molar-refractivity contribution in [3.8, 4) is 0 Å². The van der Waals surface area contributed by atoms with Gasteiger partial charge in [-0.05, 0) is 43.5 Å². The Morgan fingerprint density at radius 1 is 1.18 bits per heavy atom. The molecule has 1 atom stereocenters. The zero-order valence-electron chi connectivity index (χ0n) is 16.3. The van der Waals surface area contributed by atoms with Gasteiger partial charge in [-0.1, -0.05) is 48.0 Å². The first-order valence-electron chi connectivity index (χ1n) is 9.18. The van der Waals surface area contributed by atoms with Gasteiger partial charge >= 0.3 is 11.9 Å². The number of hydrogen-bond acceptors (Lipinski definition) is 5. The summed E-state index contributed by atoms with van der Waals surface area (Å²) in [5.74, 6) is -0.990. The smallest absolute Gasteiger partial charge is 0.338 e.